The molecule has 1 aromatic rings. The first kappa shape index (κ1) is 14.7. The fourth-order valence-electron chi connectivity index (χ4n) is 2.38. The van der Waals surface area contributed by atoms with Crippen LogP contribution in [0, 0.1) is 11.7 Å². The third kappa shape index (κ3) is 3.89. The summed E-state index contributed by atoms with van der Waals surface area (Å²) in [7, 11) is 1.67. The molecule has 1 N–H and O–H groups in total. The Kier molecular flexibility index (Phi) is 5.58. The maximum Gasteiger partial charge on any atom is 0.130 e. The Labute approximate surface area is 118 Å². The molecule has 0 radical (unpaired) electrons. The quantitative estimate of drug-likeness (QED) is 0.816. The molecule has 0 amide bonds. The molecule has 1 heterocycles. The van der Waals surface area contributed by atoms with Gasteiger partial charge in [0, 0.05) is 43.3 Å². The highest BCUT2D eigenvalue weighted by molar-refractivity contribution is 6.30. The minimum absolute atomic E-state index is 0.188. The first-order valence-corrected chi connectivity index (χ1v) is 6.86. The Balaban J connectivity index is 1.97. The monoisotopic (exact) mass is 287 g/mol. The van der Waals surface area contributed by atoms with Crippen molar-refractivity contribution in [3.8, 4) is 0 Å². The van der Waals surface area contributed by atoms with Crippen LogP contribution in [-0.4, -0.2) is 33.4 Å². The minimum atomic E-state index is -0.290. The van der Waals surface area contributed by atoms with E-state index in [0.29, 0.717) is 23.8 Å². The third-order valence-electron chi connectivity index (χ3n) is 3.37. The van der Waals surface area contributed by atoms with Gasteiger partial charge in [0.15, 0.2) is 0 Å². The number of hydrogen-bond acceptors (Lipinski definition) is 3. The van der Waals surface area contributed by atoms with Crippen molar-refractivity contribution in [3.05, 3.63) is 34.6 Å². The molecule has 5 heteroatoms. The fraction of sp³-hybridized carbons (Fsp3) is 0.571. The van der Waals surface area contributed by atoms with Crippen LogP contribution in [0.25, 0.3) is 0 Å². The molecule has 0 saturated carbocycles. The second-order valence-electron chi connectivity index (χ2n) is 4.70. The van der Waals surface area contributed by atoms with E-state index in [1.165, 1.54) is 6.07 Å². The molecule has 0 spiro atoms. The summed E-state index contributed by atoms with van der Waals surface area (Å²) in [6.45, 7) is 2.94. The van der Waals surface area contributed by atoms with E-state index >= 15 is 0 Å². The van der Waals surface area contributed by atoms with Gasteiger partial charge in [0.1, 0.15) is 5.82 Å². The van der Waals surface area contributed by atoms with Crippen molar-refractivity contribution in [2.75, 3.05) is 33.4 Å². The van der Waals surface area contributed by atoms with Crippen molar-refractivity contribution in [2.24, 2.45) is 5.92 Å². The zero-order chi connectivity index (χ0) is 13.7. The molecule has 2 atom stereocenters. The van der Waals surface area contributed by atoms with Crippen molar-refractivity contribution in [1.82, 2.24) is 5.32 Å². The largest absolute Gasteiger partial charge is 0.383 e. The van der Waals surface area contributed by atoms with Gasteiger partial charge in [0.05, 0.1) is 12.7 Å². The van der Waals surface area contributed by atoms with Gasteiger partial charge in [-0.3, -0.25) is 0 Å². The highest BCUT2D eigenvalue weighted by atomic mass is 35.5. The summed E-state index contributed by atoms with van der Waals surface area (Å²) < 4.78 is 24.6. The van der Waals surface area contributed by atoms with E-state index in [9.17, 15) is 4.39 Å². The third-order valence-corrected chi connectivity index (χ3v) is 3.61. The Morgan fingerprint density at radius 1 is 1.53 bits per heavy atom. The van der Waals surface area contributed by atoms with Crippen LogP contribution in [0.2, 0.25) is 5.02 Å². The maximum atomic E-state index is 13.9. The summed E-state index contributed by atoms with van der Waals surface area (Å²) >= 11 is 5.77. The lowest BCUT2D eigenvalue weighted by atomic mass is 9.95. The molecule has 2 rings (SSSR count). The zero-order valence-electron chi connectivity index (χ0n) is 11.0. The van der Waals surface area contributed by atoms with Gasteiger partial charge in [-0.25, -0.2) is 4.39 Å². The Morgan fingerprint density at radius 3 is 3.11 bits per heavy atom. The average Bonchev–Trinajstić information content (AvgIpc) is 2.83. The number of ether oxygens (including phenoxy) is 2. The Hall–Kier alpha value is -0.680. The van der Waals surface area contributed by atoms with Gasteiger partial charge in [-0.15, -0.1) is 0 Å². The first-order chi connectivity index (χ1) is 9.22. The Morgan fingerprint density at radius 2 is 2.37 bits per heavy atom. The molecule has 0 aromatic heterocycles. The van der Waals surface area contributed by atoms with Crippen LogP contribution in [-0.2, 0) is 9.47 Å². The highest BCUT2D eigenvalue weighted by Gasteiger charge is 2.31. The van der Waals surface area contributed by atoms with Gasteiger partial charge >= 0.3 is 0 Å². The molecular weight excluding hydrogens is 269 g/mol. The lowest BCUT2D eigenvalue weighted by Gasteiger charge is -2.20. The topological polar surface area (TPSA) is 30.5 Å². The molecule has 2 unspecified atom stereocenters. The number of methoxy groups -OCH3 is 1. The second kappa shape index (κ2) is 7.20. The van der Waals surface area contributed by atoms with Crippen LogP contribution >= 0.6 is 11.6 Å². The van der Waals surface area contributed by atoms with E-state index in [4.69, 9.17) is 21.1 Å². The van der Waals surface area contributed by atoms with Crippen molar-refractivity contribution in [1.29, 1.82) is 0 Å². The minimum Gasteiger partial charge on any atom is -0.383 e. The SMILES string of the molecule is COCCNCC1CCOC1c1ccc(Cl)cc1F. The van der Waals surface area contributed by atoms with Crippen LogP contribution in [0.1, 0.15) is 18.1 Å². The molecule has 19 heavy (non-hydrogen) atoms. The fourth-order valence-corrected chi connectivity index (χ4v) is 2.54. The van der Waals surface area contributed by atoms with Crippen LogP contribution in [0.3, 0.4) is 0 Å². The number of hydrogen-bond donors (Lipinski definition) is 1. The average molecular weight is 288 g/mol. The summed E-state index contributed by atoms with van der Waals surface area (Å²) in [6.07, 6.45) is 0.750. The van der Waals surface area contributed by atoms with Crippen LogP contribution < -0.4 is 5.32 Å². The van der Waals surface area contributed by atoms with Gasteiger partial charge in [-0.1, -0.05) is 17.7 Å². The molecule has 1 aliphatic heterocycles. The molecule has 1 aliphatic rings. The molecule has 1 aromatic carbocycles. The van der Waals surface area contributed by atoms with Crippen LogP contribution in [0.5, 0.6) is 0 Å². The first-order valence-electron chi connectivity index (χ1n) is 6.48. The van der Waals surface area contributed by atoms with E-state index in [-0.39, 0.29) is 17.8 Å². The van der Waals surface area contributed by atoms with Crippen molar-refractivity contribution < 1.29 is 13.9 Å². The van der Waals surface area contributed by atoms with Crippen molar-refractivity contribution in [3.63, 3.8) is 0 Å². The lowest BCUT2D eigenvalue weighted by molar-refractivity contribution is 0.0868. The van der Waals surface area contributed by atoms with E-state index in [0.717, 1.165) is 19.5 Å². The summed E-state index contributed by atoms with van der Waals surface area (Å²) in [4.78, 5) is 0. The predicted molar refractivity (Wildman–Crippen MR) is 73.0 cm³/mol. The van der Waals surface area contributed by atoms with Crippen molar-refractivity contribution in [2.45, 2.75) is 12.5 Å². The van der Waals surface area contributed by atoms with Gasteiger partial charge in [0.25, 0.3) is 0 Å². The van der Waals surface area contributed by atoms with Crippen LogP contribution in [0.4, 0.5) is 4.39 Å². The van der Waals surface area contributed by atoms with Gasteiger partial charge in [-0.2, -0.15) is 0 Å². The maximum absolute atomic E-state index is 13.9. The zero-order valence-corrected chi connectivity index (χ0v) is 11.8. The van der Waals surface area contributed by atoms with Crippen LogP contribution in [0.15, 0.2) is 18.2 Å². The number of rotatable bonds is 6. The predicted octanol–water partition coefficient (Wildman–Crippen LogP) is 2.79. The molecule has 1 fully saturated rings. The van der Waals surface area contributed by atoms with Gasteiger partial charge in [-0.05, 0) is 18.6 Å². The van der Waals surface area contributed by atoms with Crippen molar-refractivity contribution >= 4 is 11.6 Å². The normalized spacial score (nSPS) is 22.9. The summed E-state index contributed by atoms with van der Waals surface area (Å²) in [6, 6.07) is 4.76. The van der Waals surface area contributed by atoms with E-state index in [1.54, 1.807) is 19.2 Å². The number of nitrogens with one attached hydrogen (secondary N) is 1. The molecule has 1 saturated heterocycles. The molecule has 0 aliphatic carbocycles. The number of benzene rings is 1. The summed E-state index contributed by atoms with van der Waals surface area (Å²) in [5.74, 6) is -0.00572. The van der Waals surface area contributed by atoms with Gasteiger partial charge in [0.2, 0.25) is 0 Å². The van der Waals surface area contributed by atoms with Gasteiger partial charge < -0.3 is 14.8 Å². The van der Waals surface area contributed by atoms with E-state index in [1.807, 2.05) is 0 Å². The van der Waals surface area contributed by atoms with E-state index in [2.05, 4.69) is 5.32 Å². The van der Waals surface area contributed by atoms with E-state index < -0.39 is 0 Å². The standard InChI is InChI=1S/C14H19ClFNO2/c1-18-7-5-17-9-10-4-6-19-14(10)12-3-2-11(15)8-13(12)16/h2-3,8,10,14,17H,4-7,9H2,1H3. The molecule has 0 bridgehead atoms. The number of halogens is 2. The summed E-state index contributed by atoms with van der Waals surface area (Å²) in [5.41, 5.74) is 0.598. The summed E-state index contributed by atoms with van der Waals surface area (Å²) in [5, 5.41) is 3.72. The second-order valence-corrected chi connectivity index (χ2v) is 5.14. The lowest BCUT2D eigenvalue weighted by Crippen LogP contribution is -2.27. The molecule has 3 nitrogen and oxygen atoms in total. The smallest absolute Gasteiger partial charge is 0.130 e. The molecule has 106 valence electrons. The molecular formula is C14H19ClFNO2. The Bertz CT molecular complexity index is 416. The highest BCUT2D eigenvalue weighted by Crippen LogP contribution is 2.36.